The summed E-state index contributed by atoms with van der Waals surface area (Å²) in [6.07, 6.45) is 3.59. The number of hydrogen-bond acceptors (Lipinski definition) is 4. The first-order valence-corrected chi connectivity index (χ1v) is 9.10. The van der Waals surface area contributed by atoms with Gasteiger partial charge in [0.1, 0.15) is 22.9 Å². The number of fused-ring (bicyclic) bond motifs is 4. The van der Waals surface area contributed by atoms with Gasteiger partial charge in [-0.1, -0.05) is 36.4 Å². The predicted molar refractivity (Wildman–Crippen MR) is 107 cm³/mol. The van der Waals surface area contributed by atoms with Crippen LogP contribution in [0, 0.1) is 0 Å². The third-order valence-corrected chi connectivity index (χ3v) is 5.02. The molecule has 0 radical (unpaired) electrons. The van der Waals surface area contributed by atoms with Gasteiger partial charge in [0.25, 0.3) is 0 Å². The van der Waals surface area contributed by atoms with Crippen LogP contribution in [0.5, 0.6) is 23.0 Å². The SMILES string of the molecule is c1ccc2c(c1)Oc1cccnc1/C2=C1/c2ccccc2Oc2cccnc21. The van der Waals surface area contributed by atoms with Crippen molar-refractivity contribution in [2.24, 2.45) is 0 Å². The van der Waals surface area contributed by atoms with Crippen LogP contribution in [0.4, 0.5) is 0 Å². The Kier molecular flexibility index (Phi) is 3.14. The summed E-state index contributed by atoms with van der Waals surface area (Å²) in [7, 11) is 0. The Labute approximate surface area is 161 Å². The van der Waals surface area contributed by atoms with Gasteiger partial charge >= 0.3 is 0 Å². The lowest BCUT2D eigenvalue weighted by atomic mass is 9.86. The molecule has 0 saturated heterocycles. The zero-order valence-electron chi connectivity index (χ0n) is 14.8. The fourth-order valence-corrected chi connectivity index (χ4v) is 3.84. The molecule has 0 unspecified atom stereocenters. The number of para-hydroxylation sites is 2. The molecule has 2 aliphatic rings. The van der Waals surface area contributed by atoms with Crippen LogP contribution in [0.3, 0.4) is 0 Å². The summed E-state index contributed by atoms with van der Waals surface area (Å²) >= 11 is 0. The van der Waals surface area contributed by atoms with Gasteiger partial charge in [0.2, 0.25) is 0 Å². The van der Waals surface area contributed by atoms with Crippen molar-refractivity contribution < 1.29 is 9.47 Å². The maximum Gasteiger partial charge on any atom is 0.153 e. The molecule has 132 valence electrons. The van der Waals surface area contributed by atoms with E-state index in [4.69, 9.17) is 9.47 Å². The molecule has 6 rings (SSSR count). The van der Waals surface area contributed by atoms with E-state index >= 15 is 0 Å². The third-order valence-electron chi connectivity index (χ3n) is 5.02. The minimum Gasteiger partial charge on any atom is -0.454 e. The van der Waals surface area contributed by atoms with Crippen molar-refractivity contribution in [2.45, 2.75) is 0 Å². The van der Waals surface area contributed by atoms with Gasteiger partial charge in [-0.2, -0.15) is 0 Å². The fraction of sp³-hybridized carbons (Fsp3) is 0. The molecule has 4 heteroatoms. The standard InChI is InChI=1S/C24H14N2O2/c1-3-9-17-15(7-1)21(23-19(27-17)11-5-13-25-23)22-16-8-2-4-10-18(16)28-20-12-6-14-26-24(20)22/h1-14H/b22-21-. The zero-order chi connectivity index (χ0) is 18.5. The molecule has 0 atom stereocenters. The summed E-state index contributed by atoms with van der Waals surface area (Å²) in [4.78, 5) is 9.34. The number of ether oxygens (including phenoxy) is 2. The van der Waals surface area contributed by atoms with E-state index in [-0.39, 0.29) is 0 Å². The largest absolute Gasteiger partial charge is 0.454 e. The lowest BCUT2D eigenvalue weighted by Crippen LogP contribution is -2.11. The molecule has 0 fully saturated rings. The van der Waals surface area contributed by atoms with Gasteiger partial charge in [-0.25, -0.2) is 0 Å². The molecular weight excluding hydrogens is 348 g/mol. The Morgan fingerprint density at radius 1 is 0.464 bits per heavy atom. The highest BCUT2D eigenvalue weighted by Gasteiger charge is 2.32. The van der Waals surface area contributed by atoms with Crippen molar-refractivity contribution in [3.05, 3.63) is 108 Å². The van der Waals surface area contributed by atoms with Gasteiger partial charge in [-0.15, -0.1) is 0 Å². The molecule has 2 aliphatic heterocycles. The van der Waals surface area contributed by atoms with Crippen LogP contribution in [-0.2, 0) is 0 Å². The molecule has 0 N–H and O–H groups in total. The smallest absolute Gasteiger partial charge is 0.153 e. The molecule has 4 heterocycles. The fourth-order valence-electron chi connectivity index (χ4n) is 3.84. The highest BCUT2D eigenvalue weighted by molar-refractivity contribution is 6.08. The van der Waals surface area contributed by atoms with E-state index < -0.39 is 0 Å². The second-order valence-electron chi connectivity index (χ2n) is 6.65. The van der Waals surface area contributed by atoms with Crippen LogP contribution in [0.1, 0.15) is 22.5 Å². The summed E-state index contributed by atoms with van der Waals surface area (Å²) in [6.45, 7) is 0. The first-order valence-electron chi connectivity index (χ1n) is 9.10. The molecule has 0 bridgehead atoms. The third kappa shape index (κ3) is 2.12. The van der Waals surface area contributed by atoms with Crippen LogP contribution in [0.2, 0.25) is 0 Å². The molecule has 4 nitrogen and oxygen atoms in total. The first-order chi connectivity index (χ1) is 13.9. The van der Waals surface area contributed by atoms with Crippen molar-refractivity contribution in [1.29, 1.82) is 0 Å². The van der Waals surface area contributed by atoms with Gasteiger partial charge in [0.15, 0.2) is 11.5 Å². The lowest BCUT2D eigenvalue weighted by Gasteiger charge is -2.28. The minimum absolute atomic E-state index is 0.741. The monoisotopic (exact) mass is 362 g/mol. The van der Waals surface area contributed by atoms with E-state index in [0.29, 0.717) is 0 Å². The molecule has 0 amide bonds. The van der Waals surface area contributed by atoms with Crippen molar-refractivity contribution in [2.75, 3.05) is 0 Å². The molecule has 0 spiro atoms. The number of pyridine rings is 2. The van der Waals surface area contributed by atoms with Crippen LogP contribution in [-0.4, -0.2) is 9.97 Å². The zero-order valence-corrected chi connectivity index (χ0v) is 14.8. The van der Waals surface area contributed by atoms with E-state index in [9.17, 15) is 0 Å². The molecule has 4 aromatic rings. The summed E-state index contributed by atoms with van der Waals surface area (Å²) in [5.74, 6) is 3.11. The second-order valence-corrected chi connectivity index (χ2v) is 6.65. The van der Waals surface area contributed by atoms with Crippen molar-refractivity contribution >= 4 is 11.1 Å². The Hall–Kier alpha value is -3.92. The van der Waals surface area contributed by atoms with E-state index in [1.54, 1.807) is 12.4 Å². The van der Waals surface area contributed by atoms with E-state index in [0.717, 1.165) is 56.7 Å². The Balaban J connectivity index is 1.80. The van der Waals surface area contributed by atoms with E-state index in [1.807, 2.05) is 60.7 Å². The van der Waals surface area contributed by atoms with E-state index in [1.165, 1.54) is 0 Å². The summed E-state index contributed by atoms with van der Waals surface area (Å²) < 4.78 is 12.3. The topological polar surface area (TPSA) is 44.2 Å². The first kappa shape index (κ1) is 15.2. The predicted octanol–water partition coefficient (Wildman–Crippen LogP) is 5.70. The second kappa shape index (κ2) is 5.79. The highest BCUT2D eigenvalue weighted by Crippen LogP contribution is 2.51. The number of aromatic nitrogens is 2. The molecule has 2 aromatic heterocycles. The Morgan fingerprint density at radius 3 is 1.39 bits per heavy atom. The molecule has 0 saturated carbocycles. The van der Waals surface area contributed by atoms with Gasteiger partial charge in [0.05, 0.1) is 0 Å². The molecule has 0 aliphatic carbocycles. The highest BCUT2D eigenvalue weighted by atomic mass is 16.5. The Morgan fingerprint density at radius 2 is 0.893 bits per heavy atom. The lowest BCUT2D eigenvalue weighted by molar-refractivity contribution is 0.468. The maximum atomic E-state index is 6.13. The van der Waals surface area contributed by atoms with Crippen molar-refractivity contribution in [3.63, 3.8) is 0 Å². The van der Waals surface area contributed by atoms with E-state index in [2.05, 4.69) is 22.1 Å². The number of nitrogens with zero attached hydrogens (tertiary/aromatic N) is 2. The molecular formula is C24H14N2O2. The average Bonchev–Trinajstić information content (AvgIpc) is 2.76. The normalized spacial score (nSPS) is 16.0. The number of rotatable bonds is 0. The van der Waals surface area contributed by atoms with Crippen LogP contribution < -0.4 is 9.47 Å². The summed E-state index contributed by atoms with van der Waals surface area (Å²) in [6, 6.07) is 23.8. The van der Waals surface area contributed by atoms with Crippen molar-refractivity contribution in [1.82, 2.24) is 9.97 Å². The summed E-state index contributed by atoms with van der Waals surface area (Å²) in [5.41, 5.74) is 5.63. The minimum atomic E-state index is 0.741. The van der Waals surface area contributed by atoms with Crippen LogP contribution in [0.25, 0.3) is 11.1 Å². The Bertz CT molecular complexity index is 1080. The van der Waals surface area contributed by atoms with Crippen LogP contribution >= 0.6 is 0 Å². The number of benzene rings is 2. The average molecular weight is 362 g/mol. The van der Waals surface area contributed by atoms with Gasteiger partial charge in [-0.3, -0.25) is 9.97 Å². The van der Waals surface area contributed by atoms with Gasteiger partial charge in [-0.05, 0) is 36.4 Å². The molecule has 2 aromatic carbocycles. The number of hydrogen-bond donors (Lipinski definition) is 0. The molecule has 28 heavy (non-hydrogen) atoms. The quantitative estimate of drug-likeness (QED) is 0.348. The van der Waals surface area contributed by atoms with Gasteiger partial charge < -0.3 is 9.47 Å². The maximum absolute atomic E-state index is 6.13. The van der Waals surface area contributed by atoms with Crippen molar-refractivity contribution in [3.8, 4) is 23.0 Å². The van der Waals surface area contributed by atoms with Crippen LogP contribution in [0.15, 0.2) is 85.2 Å². The summed E-state index contributed by atoms with van der Waals surface area (Å²) in [5, 5.41) is 0. The van der Waals surface area contributed by atoms with Gasteiger partial charge in [0, 0.05) is 34.7 Å².